The maximum atomic E-state index is 13.4. The minimum atomic E-state index is -0.354. The number of imidazole rings is 1. The Morgan fingerprint density at radius 3 is 2.18 bits per heavy atom. The fraction of sp³-hybridized carbons (Fsp3) is 0.0870. The first-order valence-electron chi connectivity index (χ1n) is 9.14. The van der Waals surface area contributed by atoms with E-state index in [0.29, 0.717) is 10.7 Å². The molecule has 0 bridgehead atoms. The van der Waals surface area contributed by atoms with Crippen LogP contribution < -0.4 is 5.72 Å². The van der Waals surface area contributed by atoms with Crippen molar-refractivity contribution in [2.45, 2.75) is 12.2 Å². The Bertz CT molecular complexity index is 1010. The molecule has 0 saturated heterocycles. The fourth-order valence-corrected chi connectivity index (χ4v) is 3.66. The van der Waals surface area contributed by atoms with E-state index in [1.165, 1.54) is 23.3 Å². The van der Waals surface area contributed by atoms with Gasteiger partial charge in [0.2, 0.25) is 7.28 Å². The molecular formula is C23H18BClFN2. The highest BCUT2D eigenvalue weighted by Crippen LogP contribution is 2.28. The second-order valence-corrected chi connectivity index (χ2v) is 6.97. The van der Waals surface area contributed by atoms with E-state index in [-0.39, 0.29) is 11.7 Å². The van der Waals surface area contributed by atoms with Crippen LogP contribution in [0.2, 0.25) is 11.3 Å². The highest BCUT2D eigenvalue weighted by molar-refractivity contribution is 6.51. The van der Waals surface area contributed by atoms with Gasteiger partial charge in [0.05, 0.1) is 16.4 Å². The molecule has 28 heavy (non-hydrogen) atoms. The first-order valence-corrected chi connectivity index (χ1v) is 9.52. The van der Waals surface area contributed by atoms with E-state index in [1.807, 2.05) is 22.9 Å². The minimum Gasteiger partial charge on any atom is -0.311 e. The van der Waals surface area contributed by atoms with E-state index >= 15 is 0 Å². The van der Waals surface area contributed by atoms with Crippen LogP contribution in [-0.4, -0.2) is 16.8 Å². The van der Waals surface area contributed by atoms with E-state index in [9.17, 15) is 4.39 Å². The standard InChI is InChI=1S/C23H18BClFN2/c25-21-15-19(26)11-12-22(21)28-14-13-27-23(28)24-16-20(17-7-3-1-4-8-17)18-9-5-2-6-10-18/h1-15,20H,16H2. The van der Waals surface area contributed by atoms with E-state index in [0.717, 1.165) is 12.0 Å². The van der Waals surface area contributed by atoms with Crippen LogP contribution in [0.3, 0.4) is 0 Å². The number of benzene rings is 3. The van der Waals surface area contributed by atoms with Crippen molar-refractivity contribution in [3.63, 3.8) is 0 Å². The molecule has 0 fully saturated rings. The molecule has 0 aliphatic rings. The Morgan fingerprint density at radius 2 is 1.57 bits per heavy atom. The molecule has 137 valence electrons. The molecule has 0 atom stereocenters. The monoisotopic (exact) mass is 387 g/mol. The SMILES string of the molecule is Fc1ccc(-n2ccnc2[B]CC(c2ccccc2)c2ccccc2)c(Cl)c1. The molecule has 1 heterocycles. The summed E-state index contributed by atoms with van der Waals surface area (Å²) in [5.41, 5.74) is 4.00. The molecule has 4 aromatic rings. The maximum Gasteiger partial charge on any atom is 0.203 e. The lowest BCUT2D eigenvalue weighted by molar-refractivity contribution is 0.627. The van der Waals surface area contributed by atoms with Gasteiger partial charge in [-0.3, -0.25) is 4.98 Å². The first kappa shape index (κ1) is 18.5. The molecule has 0 unspecified atom stereocenters. The summed E-state index contributed by atoms with van der Waals surface area (Å²) in [6, 6.07) is 25.3. The quantitative estimate of drug-likeness (QED) is 0.413. The van der Waals surface area contributed by atoms with Gasteiger partial charge in [-0.05, 0) is 29.3 Å². The Labute approximate surface area is 169 Å². The summed E-state index contributed by atoms with van der Waals surface area (Å²) in [6.07, 6.45) is 4.35. The molecule has 0 saturated carbocycles. The van der Waals surface area contributed by atoms with Gasteiger partial charge in [0.25, 0.3) is 0 Å². The van der Waals surface area contributed by atoms with Crippen LogP contribution in [0.4, 0.5) is 4.39 Å². The van der Waals surface area contributed by atoms with Gasteiger partial charge >= 0.3 is 0 Å². The zero-order valence-corrected chi connectivity index (χ0v) is 15.9. The third kappa shape index (κ3) is 4.02. The number of hydrogen-bond donors (Lipinski definition) is 0. The second kappa shape index (κ2) is 8.45. The van der Waals surface area contributed by atoms with Crippen LogP contribution in [0.1, 0.15) is 17.0 Å². The topological polar surface area (TPSA) is 17.8 Å². The van der Waals surface area contributed by atoms with Crippen molar-refractivity contribution >= 4 is 24.6 Å². The predicted molar refractivity (Wildman–Crippen MR) is 113 cm³/mol. The number of nitrogens with zero attached hydrogens (tertiary/aromatic N) is 2. The number of hydrogen-bond acceptors (Lipinski definition) is 1. The van der Waals surface area contributed by atoms with Gasteiger partial charge < -0.3 is 4.57 Å². The Morgan fingerprint density at radius 1 is 0.929 bits per heavy atom. The first-order chi connectivity index (χ1) is 13.7. The normalized spacial score (nSPS) is 11.0. The van der Waals surface area contributed by atoms with Crippen LogP contribution >= 0.6 is 11.6 Å². The zero-order valence-electron chi connectivity index (χ0n) is 15.2. The van der Waals surface area contributed by atoms with Crippen molar-refractivity contribution < 1.29 is 4.39 Å². The lowest BCUT2D eigenvalue weighted by atomic mass is 9.65. The van der Waals surface area contributed by atoms with Gasteiger partial charge in [-0.15, -0.1) is 0 Å². The van der Waals surface area contributed by atoms with E-state index in [2.05, 4.69) is 60.8 Å². The molecular weight excluding hydrogens is 370 g/mol. The molecule has 0 aliphatic carbocycles. The van der Waals surface area contributed by atoms with E-state index in [4.69, 9.17) is 11.6 Å². The Hall–Kier alpha value is -2.85. The summed E-state index contributed by atoms with van der Waals surface area (Å²) >= 11 is 6.24. The van der Waals surface area contributed by atoms with Gasteiger partial charge in [-0.1, -0.05) is 78.6 Å². The zero-order chi connectivity index (χ0) is 19.3. The largest absolute Gasteiger partial charge is 0.311 e. The number of rotatable bonds is 6. The molecule has 0 aliphatic heterocycles. The molecule has 0 N–H and O–H groups in total. The summed E-state index contributed by atoms with van der Waals surface area (Å²) in [5.74, 6) is -0.135. The number of aromatic nitrogens is 2. The molecule has 4 rings (SSSR count). The Balaban J connectivity index is 1.62. The molecule has 0 spiro atoms. The predicted octanol–water partition coefficient (Wildman–Crippen LogP) is 5.24. The van der Waals surface area contributed by atoms with Crippen molar-refractivity contribution in [1.82, 2.24) is 9.55 Å². The minimum absolute atomic E-state index is 0.219. The van der Waals surface area contributed by atoms with Crippen molar-refractivity contribution in [3.8, 4) is 5.69 Å². The highest BCUT2D eigenvalue weighted by atomic mass is 35.5. The summed E-state index contributed by atoms with van der Waals surface area (Å²) in [4.78, 5) is 4.47. The summed E-state index contributed by atoms with van der Waals surface area (Å²) < 4.78 is 15.3. The van der Waals surface area contributed by atoms with Crippen LogP contribution in [-0.2, 0) is 0 Å². The van der Waals surface area contributed by atoms with Crippen molar-refractivity contribution in [2.24, 2.45) is 0 Å². The smallest absolute Gasteiger partial charge is 0.203 e. The summed E-state index contributed by atoms with van der Waals surface area (Å²) in [6.45, 7) is 0. The van der Waals surface area contributed by atoms with Crippen LogP contribution in [0.25, 0.3) is 5.69 Å². The van der Waals surface area contributed by atoms with Crippen molar-refractivity contribution in [1.29, 1.82) is 0 Å². The van der Waals surface area contributed by atoms with Crippen LogP contribution in [0.5, 0.6) is 0 Å². The number of halogens is 2. The second-order valence-electron chi connectivity index (χ2n) is 6.56. The lowest BCUT2D eigenvalue weighted by Crippen LogP contribution is -2.27. The van der Waals surface area contributed by atoms with E-state index in [1.54, 1.807) is 12.3 Å². The molecule has 0 amide bonds. The molecule has 2 nitrogen and oxygen atoms in total. The average Bonchev–Trinajstić information content (AvgIpc) is 3.18. The van der Waals surface area contributed by atoms with Crippen LogP contribution in [0, 0.1) is 5.82 Å². The third-order valence-electron chi connectivity index (χ3n) is 4.78. The van der Waals surface area contributed by atoms with Crippen molar-refractivity contribution in [3.05, 3.63) is 113 Å². The van der Waals surface area contributed by atoms with Gasteiger partial charge in [0.1, 0.15) is 5.82 Å². The van der Waals surface area contributed by atoms with Gasteiger partial charge in [-0.25, -0.2) is 4.39 Å². The Kier molecular flexibility index (Phi) is 5.59. The fourth-order valence-electron chi connectivity index (χ4n) is 3.40. The van der Waals surface area contributed by atoms with E-state index < -0.39 is 0 Å². The van der Waals surface area contributed by atoms with Crippen LogP contribution in [0.15, 0.2) is 91.3 Å². The maximum absolute atomic E-state index is 13.4. The van der Waals surface area contributed by atoms with Gasteiger partial charge in [0, 0.05) is 18.3 Å². The van der Waals surface area contributed by atoms with Gasteiger partial charge in [-0.2, -0.15) is 0 Å². The lowest BCUT2D eigenvalue weighted by Gasteiger charge is -2.18. The molecule has 3 aromatic carbocycles. The highest BCUT2D eigenvalue weighted by Gasteiger charge is 2.17. The summed E-state index contributed by atoms with van der Waals surface area (Å²) in [7, 11) is 2.10. The molecule has 1 radical (unpaired) electrons. The summed E-state index contributed by atoms with van der Waals surface area (Å²) in [5, 5.41) is 0.357. The molecule has 1 aromatic heterocycles. The average molecular weight is 388 g/mol. The van der Waals surface area contributed by atoms with Gasteiger partial charge in [0.15, 0.2) is 0 Å². The van der Waals surface area contributed by atoms with Crippen molar-refractivity contribution in [2.75, 3.05) is 0 Å². The third-order valence-corrected chi connectivity index (χ3v) is 5.08. The molecule has 5 heteroatoms.